The number of rotatable bonds is 2. The number of carbonyl (C=O) groups is 1. The average molecular weight is 189 g/mol. The first-order chi connectivity index (χ1) is 6.38. The van der Waals surface area contributed by atoms with E-state index < -0.39 is 0 Å². The first-order valence-electron chi connectivity index (χ1n) is 3.88. The minimum Gasteiger partial charge on any atom is -0.287 e. The highest BCUT2D eigenvalue weighted by Crippen LogP contribution is 2.08. The molecule has 2 aromatic rings. The van der Waals surface area contributed by atoms with Crippen LogP contribution in [0.4, 0.5) is 0 Å². The van der Waals surface area contributed by atoms with Crippen molar-refractivity contribution in [3.8, 4) is 0 Å². The molecule has 0 radical (unpaired) electrons. The fourth-order valence-electron chi connectivity index (χ4n) is 1.07. The summed E-state index contributed by atoms with van der Waals surface area (Å²) in [6.07, 6.45) is 0. The second kappa shape index (κ2) is 3.49. The van der Waals surface area contributed by atoms with Crippen molar-refractivity contribution in [3.63, 3.8) is 0 Å². The van der Waals surface area contributed by atoms with Gasteiger partial charge in [0, 0.05) is 10.9 Å². The zero-order valence-corrected chi connectivity index (χ0v) is 7.62. The van der Waals surface area contributed by atoms with Crippen molar-refractivity contribution in [1.29, 1.82) is 0 Å². The van der Waals surface area contributed by atoms with Gasteiger partial charge in [-0.3, -0.25) is 4.79 Å². The standard InChI is InChI=1S/C10H7NOS/c12-10(9-6-7-13-11-9)8-4-2-1-3-5-8/h1-7H. The van der Waals surface area contributed by atoms with Gasteiger partial charge < -0.3 is 0 Å². The zero-order valence-electron chi connectivity index (χ0n) is 6.81. The SMILES string of the molecule is O=C(c1ccccc1)c1ccsn1. The molecule has 0 N–H and O–H groups in total. The van der Waals surface area contributed by atoms with Gasteiger partial charge in [-0.15, -0.1) is 0 Å². The molecule has 13 heavy (non-hydrogen) atoms. The number of ketones is 1. The highest BCUT2D eigenvalue weighted by atomic mass is 32.1. The molecule has 0 aliphatic heterocycles. The Morgan fingerprint density at radius 3 is 2.54 bits per heavy atom. The lowest BCUT2D eigenvalue weighted by atomic mass is 10.1. The minimum atomic E-state index is -0.0122. The molecule has 2 rings (SSSR count). The molecule has 0 aliphatic carbocycles. The summed E-state index contributed by atoms with van der Waals surface area (Å²) in [6, 6.07) is 10.9. The van der Waals surface area contributed by atoms with Crippen molar-refractivity contribution < 1.29 is 4.79 Å². The third-order valence-corrected chi connectivity index (χ3v) is 2.27. The van der Waals surface area contributed by atoms with Gasteiger partial charge in [-0.25, -0.2) is 0 Å². The molecule has 0 saturated heterocycles. The summed E-state index contributed by atoms with van der Waals surface area (Å²) in [5, 5.41) is 1.80. The topological polar surface area (TPSA) is 30.0 Å². The maximum absolute atomic E-state index is 11.7. The summed E-state index contributed by atoms with van der Waals surface area (Å²) < 4.78 is 3.98. The number of nitrogens with zero attached hydrogens (tertiary/aromatic N) is 1. The van der Waals surface area contributed by atoms with E-state index in [1.54, 1.807) is 23.6 Å². The van der Waals surface area contributed by atoms with Crippen LogP contribution in [0.1, 0.15) is 16.1 Å². The Labute approximate surface area is 80.0 Å². The third kappa shape index (κ3) is 1.65. The van der Waals surface area contributed by atoms with Gasteiger partial charge in [0.1, 0.15) is 5.69 Å². The van der Waals surface area contributed by atoms with E-state index in [1.807, 2.05) is 18.2 Å². The molecular formula is C10H7NOS. The Balaban J connectivity index is 2.34. The van der Waals surface area contributed by atoms with Crippen LogP contribution >= 0.6 is 11.5 Å². The quantitative estimate of drug-likeness (QED) is 0.679. The maximum atomic E-state index is 11.7. The van der Waals surface area contributed by atoms with Crippen molar-refractivity contribution >= 4 is 17.3 Å². The molecule has 0 amide bonds. The van der Waals surface area contributed by atoms with Crippen LogP contribution in [-0.2, 0) is 0 Å². The fourth-order valence-corrected chi connectivity index (χ4v) is 1.58. The molecule has 0 saturated carbocycles. The number of carbonyl (C=O) groups excluding carboxylic acids is 1. The molecule has 0 bridgehead atoms. The van der Waals surface area contributed by atoms with Gasteiger partial charge in [-0.1, -0.05) is 30.3 Å². The number of hydrogen-bond acceptors (Lipinski definition) is 3. The Morgan fingerprint density at radius 1 is 1.15 bits per heavy atom. The van der Waals surface area contributed by atoms with E-state index in [-0.39, 0.29) is 5.78 Å². The van der Waals surface area contributed by atoms with Gasteiger partial charge in [0.05, 0.1) is 0 Å². The molecule has 0 atom stereocenters. The van der Waals surface area contributed by atoms with Gasteiger partial charge in [-0.2, -0.15) is 4.37 Å². The molecule has 2 nitrogen and oxygen atoms in total. The molecule has 0 unspecified atom stereocenters. The number of aromatic nitrogens is 1. The van der Waals surface area contributed by atoms with Crippen LogP contribution in [0.5, 0.6) is 0 Å². The lowest BCUT2D eigenvalue weighted by Gasteiger charge is -1.94. The summed E-state index contributed by atoms with van der Waals surface area (Å²) in [6.45, 7) is 0. The number of hydrogen-bond donors (Lipinski definition) is 0. The van der Waals surface area contributed by atoms with E-state index in [4.69, 9.17) is 0 Å². The van der Waals surface area contributed by atoms with Crippen LogP contribution in [0.2, 0.25) is 0 Å². The summed E-state index contributed by atoms with van der Waals surface area (Å²) >= 11 is 1.29. The van der Waals surface area contributed by atoms with Gasteiger partial charge in [-0.05, 0) is 17.6 Å². The van der Waals surface area contributed by atoms with E-state index in [2.05, 4.69) is 4.37 Å². The second-order valence-electron chi connectivity index (χ2n) is 2.58. The maximum Gasteiger partial charge on any atom is 0.212 e. The first-order valence-corrected chi connectivity index (χ1v) is 4.72. The third-order valence-electron chi connectivity index (χ3n) is 1.71. The van der Waals surface area contributed by atoms with Gasteiger partial charge in [0.25, 0.3) is 0 Å². The molecule has 0 fully saturated rings. The molecule has 1 heterocycles. The Bertz CT molecular complexity index is 394. The summed E-state index contributed by atoms with van der Waals surface area (Å²) in [5.74, 6) is -0.0122. The molecule has 1 aromatic carbocycles. The van der Waals surface area contributed by atoms with Crippen LogP contribution in [0.3, 0.4) is 0 Å². The van der Waals surface area contributed by atoms with Crippen LogP contribution in [-0.4, -0.2) is 10.2 Å². The number of benzene rings is 1. The van der Waals surface area contributed by atoms with E-state index in [9.17, 15) is 4.79 Å². The first kappa shape index (κ1) is 8.13. The predicted molar refractivity (Wildman–Crippen MR) is 52.0 cm³/mol. The highest BCUT2D eigenvalue weighted by Gasteiger charge is 2.09. The summed E-state index contributed by atoms with van der Waals surface area (Å²) in [7, 11) is 0. The molecule has 0 spiro atoms. The van der Waals surface area contributed by atoms with Gasteiger partial charge >= 0.3 is 0 Å². The highest BCUT2D eigenvalue weighted by molar-refractivity contribution is 7.03. The van der Waals surface area contributed by atoms with Gasteiger partial charge in [0.2, 0.25) is 5.78 Å². The van der Waals surface area contributed by atoms with E-state index in [0.29, 0.717) is 11.3 Å². The lowest BCUT2D eigenvalue weighted by molar-refractivity contribution is 0.103. The van der Waals surface area contributed by atoms with E-state index in [0.717, 1.165) is 0 Å². The van der Waals surface area contributed by atoms with Crippen molar-refractivity contribution in [1.82, 2.24) is 4.37 Å². The van der Waals surface area contributed by atoms with Crippen molar-refractivity contribution in [2.75, 3.05) is 0 Å². The van der Waals surface area contributed by atoms with E-state index >= 15 is 0 Å². The predicted octanol–water partition coefficient (Wildman–Crippen LogP) is 2.37. The molecule has 3 heteroatoms. The van der Waals surface area contributed by atoms with Gasteiger partial charge in [0.15, 0.2) is 0 Å². The van der Waals surface area contributed by atoms with Crippen LogP contribution in [0, 0.1) is 0 Å². The Kier molecular flexibility index (Phi) is 2.19. The summed E-state index contributed by atoms with van der Waals surface area (Å²) in [4.78, 5) is 11.7. The van der Waals surface area contributed by atoms with E-state index in [1.165, 1.54) is 11.5 Å². The molecule has 0 aliphatic rings. The lowest BCUT2D eigenvalue weighted by Crippen LogP contribution is -2.00. The smallest absolute Gasteiger partial charge is 0.212 e. The normalized spacial score (nSPS) is 9.85. The monoisotopic (exact) mass is 189 g/mol. The van der Waals surface area contributed by atoms with Crippen LogP contribution < -0.4 is 0 Å². The van der Waals surface area contributed by atoms with Crippen molar-refractivity contribution in [2.45, 2.75) is 0 Å². The average Bonchev–Trinajstić information content (AvgIpc) is 2.71. The van der Waals surface area contributed by atoms with Crippen LogP contribution in [0.15, 0.2) is 41.8 Å². The largest absolute Gasteiger partial charge is 0.287 e. The Morgan fingerprint density at radius 2 is 1.92 bits per heavy atom. The summed E-state index contributed by atoms with van der Waals surface area (Å²) in [5.41, 5.74) is 1.21. The molecular weight excluding hydrogens is 182 g/mol. The molecule has 1 aromatic heterocycles. The fraction of sp³-hybridized carbons (Fsp3) is 0. The molecule has 64 valence electrons. The van der Waals surface area contributed by atoms with Crippen molar-refractivity contribution in [3.05, 3.63) is 53.0 Å². The van der Waals surface area contributed by atoms with Crippen LogP contribution in [0.25, 0.3) is 0 Å². The minimum absolute atomic E-state index is 0.0122. The zero-order chi connectivity index (χ0) is 9.10. The van der Waals surface area contributed by atoms with Crippen molar-refractivity contribution in [2.24, 2.45) is 0 Å². The second-order valence-corrected chi connectivity index (χ2v) is 3.25. The Hall–Kier alpha value is -1.48.